The van der Waals surface area contributed by atoms with E-state index in [-0.39, 0.29) is 9.87 Å². The number of carbonyl (C=O) groups is 3. The van der Waals surface area contributed by atoms with Crippen molar-refractivity contribution in [3.05, 3.63) is 29.8 Å². The maximum Gasteiger partial charge on any atom is 0.362 e. The summed E-state index contributed by atoms with van der Waals surface area (Å²) in [7, 11) is -3.78. The summed E-state index contributed by atoms with van der Waals surface area (Å²) in [6.07, 6.45) is -1.53. The molecule has 160 valence electrons. The molecule has 1 aliphatic rings. The van der Waals surface area contributed by atoms with Gasteiger partial charge in [0.25, 0.3) is 5.91 Å². The molecule has 0 aliphatic carbocycles. The summed E-state index contributed by atoms with van der Waals surface area (Å²) in [5.74, 6) is -2.53. The summed E-state index contributed by atoms with van der Waals surface area (Å²) < 4.78 is 40.9. The molecular weight excluding hydrogens is 430 g/mol. The van der Waals surface area contributed by atoms with Gasteiger partial charge in [-0.2, -0.15) is 8.42 Å². The normalized spacial score (nSPS) is 21.0. The fourth-order valence-corrected chi connectivity index (χ4v) is 3.46. The molecule has 0 spiro atoms. The highest BCUT2D eigenvalue weighted by Gasteiger charge is 2.59. The van der Waals surface area contributed by atoms with Crippen LogP contribution < -0.4 is 14.8 Å². The van der Waals surface area contributed by atoms with Crippen molar-refractivity contribution in [3.8, 4) is 5.75 Å². The van der Waals surface area contributed by atoms with Crippen LogP contribution in [0.15, 0.2) is 24.3 Å². The molecule has 0 aromatic heterocycles. The van der Waals surface area contributed by atoms with E-state index < -0.39 is 52.4 Å². The third kappa shape index (κ3) is 4.79. The standard InChI is InChI=1S/C15H19N3O9S2/c1-8(19)16-11(12(20)9-3-5-10(27-28)6-4-9)13(21)17-15(26-2)7-18(14(15)22)29(23,24)25/h3-6,11-12,20,28H,7H2,1-2H3,(H,16,19)(H,17,21)(H,23,24,25). The summed E-state index contributed by atoms with van der Waals surface area (Å²) in [6.45, 7) is 0.426. The molecule has 14 heteroatoms. The minimum absolute atomic E-state index is 0.0940. The van der Waals surface area contributed by atoms with Crippen LogP contribution in [0.1, 0.15) is 18.6 Å². The summed E-state index contributed by atoms with van der Waals surface area (Å²) in [6, 6.07) is 4.24. The van der Waals surface area contributed by atoms with Gasteiger partial charge in [-0.25, -0.2) is 4.31 Å². The number of ether oxygens (including phenoxy) is 1. The first-order chi connectivity index (χ1) is 13.4. The monoisotopic (exact) mass is 449 g/mol. The van der Waals surface area contributed by atoms with E-state index in [1.165, 1.54) is 24.3 Å². The van der Waals surface area contributed by atoms with Gasteiger partial charge in [-0.05, 0) is 17.7 Å². The molecule has 0 radical (unpaired) electrons. The second kappa shape index (κ2) is 8.54. The number of benzene rings is 1. The predicted octanol–water partition coefficient (Wildman–Crippen LogP) is -1.45. The van der Waals surface area contributed by atoms with Crippen molar-refractivity contribution in [2.75, 3.05) is 13.7 Å². The average molecular weight is 449 g/mol. The van der Waals surface area contributed by atoms with Crippen LogP contribution in [-0.4, -0.2) is 65.5 Å². The zero-order valence-corrected chi connectivity index (χ0v) is 16.9. The lowest BCUT2D eigenvalue weighted by atomic mass is 9.99. The number of β-lactam (4-membered cyclic amide) rings is 1. The highest BCUT2D eigenvalue weighted by atomic mass is 32.2. The molecule has 12 nitrogen and oxygen atoms in total. The number of rotatable bonds is 8. The number of aliphatic hydroxyl groups excluding tert-OH is 1. The zero-order valence-electron chi connectivity index (χ0n) is 15.2. The van der Waals surface area contributed by atoms with Gasteiger partial charge in [-0.3, -0.25) is 18.9 Å². The fourth-order valence-electron chi connectivity index (χ4n) is 2.64. The van der Waals surface area contributed by atoms with Gasteiger partial charge in [-0.1, -0.05) is 12.1 Å². The molecule has 0 saturated carbocycles. The van der Waals surface area contributed by atoms with Crippen molar-refractivity contribution in [1.29, 1.82) is 0 Å². The highest BCUT2D eigenvalue weighted by molar-refractivity contribution is 7.84. The molecule has 29 heavy (non-hydrogen) atoms. The van der Waals surface area contributed by atoms with Gasteiger partial charge in [0.1, 0.15) is 17.9 Å². The number of aliphatic hydroxyl groups is 1. The summed E-state index contributed by atoms with van der Waals surface area (Å²) in [5.41, 5.74) is -1.84. The van der Waals surface area contributed by atoms with Gasteiger partial charge < -0.3 is 24.7 Å². The number of thiol groups is 1. The Hall–Kier alpha value is -2.39. The highest BCUT2D eigenvalue weighted by Crippen LogP contribution is 2.27. The minimum atomic E-state index is -4.82. The average Bonchev–Trinajstić information content (AvgIpc) is 2.66. The smallest absolute Gasteiger partial charge is 0.362 e. The molecule has 1 aromatic rings. The van der Waals surface area contributed by atoms with E-state index in [0.29, 0.717) is 5.75 Å². The Bertz CT molecular complexity index is 906. The van der Waals surface area contributed by atoms with Crippen molar-refractivity contribution in [1.82, 2.24) is 14.9 Å². The largest absolute Gasteiger partial charge is 0.429 e. The molecule has 1 aromatic carbocycles. The third-order valence-electron chi connectivity index (χ3n) is 4.17. The summed E-state index contributed by atoms with van der Waals surface area (Å²) in [4.78, 5) is 36.3. The van der Waals surface area contributed by atoms with Gasteiger partial charge >= 0.3 is 10.3 Å². The SMILES string of the molecule is COC1(NC(=O)C(NC(C)=O)C(O)c2ccc(OS)cc2)CN(S(=O)(=O)O)C1=O. The second-order valence-electron chi connectivity index (χ2n) is 6.09. The number of nitrogens with zero attached hydrogens (tertiary/aromatic N) is 1. The van der Waals surface area contributed by atoms with E-state index in [1.807, 2.05) is 0 Å². The van der Waals surface area contributed by atoms with Gasteiger partial charge in [0, 0.05) is 26.9 Å². The van der Waals surface area contributed by atoms with E-state index >= 15 is 0 Å². The lowest BCUT2D eigenvalue weighted by Crippen LogP contribution is -2.77. The van der Waals surface area contributed by atoms with Crippen LogP contribution in [0, 0.1) is 0 Å². The van der Waals surface area contributed by atoms with Crippen LogP contribution >= 0.6 is 12.9 Å². The van der Waals surface area contributed by atoms with E-state index in [9.17, 15) is 27.9 Å². The minimum Gasteiger partial charge on any atom is -0.429 e. The predicted molar refractivity (Wildman–Crippen MR) is 99.8 cm³/mol. The van der Waals surface area contributed by atoms with E-state index in [4.69, 9.17) is 13.5 Å². The quantitative estimate of drug-likeness (QED) is 0.105. The van der Waals surface area contributed by atoms with Crippen molar-refractivity contribution < 1.29 is 41.4 Å². The second-order valence-corrected chi connectivity index (χ2v) is 7.61. The lowest BCUT2D eigenvalue weighted by molar-refractivity contribution is -0.181. The maximum absolute atomic E-state index is 12.7. The van der Waals surface area contributed by atoms with Crippen molar-refractivity contribution in [2.45, 2.75) is 24.8 Å². The molecule has 2 rings (SSSR count). The van der Waals surface area contributed by atoms with Crippen LogP contribution in [-0.2, 0) is 29.4 Å². The summed E-state index contributed by atoms with van der Waals surface area (Å²) >= 11 is 3.63. The van der Waals surface area contributed by atoms with E-state index in [0.717, 1.165) is 14.0 Å². The Morgan fingerprint density at radius 2 is 1.90 bits per heavy atom. The van der Waals surface area contributed by atoms with Crippen LogP contribution in [0.3, 0.4) is 0 Å². The Morgan fingerprint density at radius 1 is 1.31 bits per heavy atom. The topological polar surface area (TPSA) is 172 Å². The number of amides is 3. The zero-order chi connectivity index (χ0) is 22.0. The van der Waals surface area contributed by atoms with Crippen LogP contribution in [0.5, 0.6) is 5.75 Å². The van der Waals surface area contributed by atoms with Crippen LogP contribution in [0.4, 0.5) is 0 Å². The number of methoxy groups -OCH3 is 1. The molecule has 1 aliphatic heterocycles. The molecule has 4 N–H and O–H groups in total. The van der Waals surface area contributed by atoms with Gasteiger partial charge in [0.05, 0.1) is 6.54 Å². The summed E-state index contributed by atoms with van der Waals surface area (Å²) in [5, 5.41) is 15.0. The fraction of sp³-hybridized carbons (Fsp3) is 0.400. The molecule has 0 bridgehead atoms. The Labute approximate surface area is 171 Å². The van der Waals surface area contributed by atoms with Gasteiger partial charge in [-0.15, -0.1) is 0 Å². The Kier molecular flexibility index (Phi) is 6.74. The molecule has 1 heterocycles. The van der Waals surface area contributed by atoms with Gasteiger partial charge in [0.2, 0.25) is 17.5 Å². The molecular formula is C15H19N3O9S2. The number of hydrogen-bond acceptors (Lipinski definition) is 9. The first-order valence-corrected chi connectivity index (χ1v) is 9.74. The number of carbonyl (C=O) groups excluding carboxylic acids is 3. The van der Waals surface area contributed by atoms with Gasteiger partial charge in [0.15, 0.2) is 0 Å². The van der Waals surface area contributed by atoms with Crippen molar-refractivity contribution >= 4 is 40.9 Å². The van der Waals surface area contributed by atoms with Crippen LogP contribution in [0.2, 0.25) is 0 Å². The molecule has 3 amide bonds. The number of hydrogen-bond donors (Lipinski definition) is 5. The van der Waals surface area contributed by atoms with Crippen LogP contribution in [0.25, 0.3) is 0 Å². The van der Waals surface area contributed by atoms with Crippen molar-refractivity contribution in [2.24, 2.45) is 0 Å². The maximum atomic E-state index is 12.7. The first kappa shape index (κ1) is 22.9. The molecule has 1 fully saturated rings. The molecule has 3 atom stereocenters. The number of nitrogens with one attached hydrogen (secondary N) is 2. The van der Waals surface area contributed by atoms with Crippen molar-refractivity contribution in [3.63, 3.8) is 0 Å². The Morgan fingerprint density at radius 3 is 2.31 bits per heavy atom. The first-order valence-electron chi connectivity index (χ1n) is 7.98. The Balaban J connectivity index is 2.24. The third-order valence-corrected chi connectivity index (χ3v) is 5.24. The molecule has 3 unspecified atom stereocenters. The van der Waals surface area contributed by atoms with E-state index in [1.54, 1.807) is 0 Å². The molecule has 1 saturated heterocycles. The lowest BCUT2D eigenvalue weighted by Gasteiger charge is -2.45. The van der Waals surface area contributed by atoms with E-state index in [2.05, 4.69) is 23.5 Å².